The van der Waals surface area contributed by atoms with Crippen LogP contribution in [0.4, 0.5) is 4.39 Å². The van der Waals surface area contributed by atoms with Crippen LogP contribution in [0.25, 0.3) is 11.3 Å². The molecule has 0 amide bonds. The van der Waals surface area contributed by atoms with Gasteiger partial charge in [-0.25, -0.2) is 22.6 Å². The van der Waals surface area contributed by atoms with Crippen LogP contribution in [-0.4, -0.2) is 25.6 Å². The summed E-state index contributed by atoms with van der Waals surface area (Å²) in [5.41, 5.74) is 1.53. The van der Waals surface area contributed by atoms with Crippen LogP contribution in [0.15, 0.2) is 59.1 Å². The third kappa shape index (κ3) is 5.24. The lowest BCUT2D eigenvalue weighted by Gasteiger charge is -2.04. The van der Waals surface area contributed by atoms with Gasteiger partial charge in [0.2, 0.25) is 5.89 Å². The molecule has 0 atom stereocenters. The van der Waals surface area contributed by atoms with Crippen molar-refractivity contribution in [2.45, 2.75) is 12.4 Å². The lowest BCUT2D eigenvalue weighted by molar-refractivity contribution is 0.0439. The minimum atomic E-state index is -3.14. The monoisotopic (exact) mass is 389 g/mol. The molecule has 2 aromatic carbocycles. The molecule has 3 rings (SSSR count). The number of aromatic nitrogens is 1. The van der Waals surface area contributed by atoms with E-state index in [1.54, 1.807) is 24.3 Å². The van der Waals surface area contributed by atoms with Crippen LogP contribution in [0.5, 0.6) is 0 Å². The summed E-state index contributed by atoms with van der Waals surface area (Å²) in [5.74, 6) is -0.384. The van der Waals surface area contributed by atoms with E-state index in [0.29, 0.717) is 16.9 Å². The lowest BCUT2D eigenvalue weighted by Crippen LogP contribution is -2.06. The zero-order valence-electron chi connectivity index (χ0n) is 14.4. The number of esters is 1. The van der Waals surface area contributed by atoms with Crippen LogP contribution >= 0.6 is 0 Å². The number of nitrogens with zero attached hydrogens (tertiary/aromatic N) is 1. The van der Waals surface area contributed by atoms with Gasteiger partial charge in [0, 0.05) is 11.8 Å². The van der Waals surface area contributed by atoms with Gasteiger partial charge in [0.05, 0.1) is 17.5 Å². The van der Waals surface area contributed by atoms with Crippen molar-refractivity contribution in [3.63, 3.8) is 0 Å². The van der Waals surface area contributed by atoms with Crippen molar-refractivity contribution >= 4 is 15.8 Å². The van der Waals surface area contributed by atoms with Crippen molar-refractivity contribution in [1.82, 2.24) is 4.98 Å². The highest BCUT2D eigenvalue weighted by molar-refractivity contribution is 7.89. The average Bonchev–Trinajstić information content (AvgIpc) is 3.08. The minimum absolute atomic E-state index is 0.0925. The molecular formula is C19H16FNO5S. The molecule has 3 aromatic rings. The van der Waals surface area contributed by atoms with Crippen molar-refractivity contribution < 1.29 is 26.8 Å². The Balaban J connectivity index is 1.60. The number of oxazole rings is 1. The normalized spacial score (nSPS) is 11.3. The molecule has 0 aliphatic carbocycles. The molecule has 6 nitrogen and oxygen atoms in total. The average molecular weight is 389 g/mol. The summed E-state index contributed by atoms with van der Waals surface area (Å²) in [4.78, 5) is 16.1. The Labute approximate surface area is 155 Å². The van der Waals surface area contributed by atoms with Crippen molar-refractivity contribution in [3.05, 3.63) is 77.6 Å². The third-order valence-electron chi connectivity index (χ3n) is 3.63. The van der Waals surface area contributed by atoms with E-state index < -0.39 is 15.8 Å². The maximum absolute atomic E-state index is 13.0. The topological polar surface area (TPSA) is 86.5 Å². The first-order valence-electron chi connectivity index (χ1n) is 7.94. The molecule has 0 aliphatic rings. The van der Waals surface area contributed by atoms with Crippen molar-refractivity contribution in [2.75, 3.05) is 6.26 Å². The molecule has 0 unspecified atom stereocenters. The van der Waals surface area contributed by atoms with Crippen LogP contribution in [0.3, 0.4) is 0 Å². The third-order valence-corrected chi connectivity index (χ3v) is 4.49. The zero-order valence-corrected chi connectivity index (χ0v) is 15.2. The van der Waals surface area contributed by atoms with E-state index in [4.69, 9.17) is 9.15 Å². The Morgan fingerprint density at radius 3 is 2.41 bits per heavy atom. The Kier molecular flexibility index (Phi) is 5.36. The molecule has 8 heteroatoms. The first kappa shape index (κ1) is 18.8. The predicted molar refractivity (Wildman–Crippen MR) is 96.0 cm³/mol. The van der Waals surface area contributed by atoms with Crippen LogP contribution in [0.1, 0.15) is 21.8 Å². The molecule has 0 bridgehead atoms. The van der Waals surface area contributed by atoms with E-state index in [1.807, 2.05) is 0 Å². The number of halogens is 1. The molecular weight excluding hydrogens is 373 g/mol. The number of carbonyl (C=O) groups is 1. The highest BCUT2D eigenvalue weighted by Gasteiger charge is 2.12. The van der Waals surface area contributed by atoms with Gasteiger partial charge in [-0.3, -0.25) is 0 Å². The van der Waals surface area contributed by atoms with E-state index in [-0.39, 0.29) is 29.6 Å². The van der Waals surface area contributed by atoms with Gasteiger partial charge in [-0.15, -0.1) is 0 Å². The first-order valence-corrected chi connectivity index (χ1v) is 10.0. The Bertz CT molecular complexity index is 1040. The highest BCUT2D eigenvalue weighted by atomic mass is 32.2. The Morgan fingerprint density at radius 2 is 1.78 bits per heavy atom. The maximum atomic E-state index is 13.0. The highest BCUT2D eigenvalue weighted by Crippen LogP contribution is 2.21. The van der Waals surface area contributed by atoms with Gasteiger partial charge in [-0.2, -0.15) is 0 Å². The largest absolute Gasteiger partial charge is 0.452 e. The molecule has 1 aromatic heterocycles. The van der Waals surface area contributed by atoms with Crippen LogP contribution in [0.2, 0.25) is 0 Å². The fraction of sp³-hybridized carbons (Fsp3) is 0.158. The maximum Gasteiger partial charge on any atom is 0.338 e. The number of carbonyl (C=O) groups excluding carboxylic acids is 1. The van der Waals surface area contributed by atoms with E-state index in [9.17, 15) is 17.6 Å². The fourth-order valence-corrected chi connectivity index (χ4v) is 3.17. The summed E-state index contributed by atoms with van der Waals surface area (Å²) in [6.07, 6.45) is 2.61. The second kappa shape index (κ2) is 7.71. The minimum Gasteiger partial charge on any atom is -0.452 e. The molecule has 0 aliphatic heterocycles. The van der Waals surface area contributed by atoms with Crippen LogP contribution in [-0.2, 0) is 26.9 Å². The van der Waals surface area contributed by atoms with Crippen molar-refractivity contribution in [3.8, 4) is 11.3 Å². The molecule has 0 saturated heterocycles. The molecule has 27 heavy (non-hydrogen) atoms. The number of sulfone groups is 1. The fourth-order valence-electron chi connectivity index (χ4n) is 2.38. The SMILES string of the molecule is CS(=O)(=O)Cc1ccc(C(=O)OCc2ncc(-c3ccc(F)cc3)o2)cc1. The molecule has 1 heterocycles. The number of hydrogen-bond acceptors (Lipinski definition) is 6. The first-order chi connectivity index (χ1) is 12.8. The molecule has 0 radical (unpaired) electrons. The van der Waals surface area contributed by atoms with E-state index in [0.717, 1.165) is 6.26 Å². The standard InChI is InChI=1S/C19H16FNO5S/c1-27(23,24)12-13-2-4-15(5-3-13)19(22)25-11-18-21-10-17(26-18)14-6-8-16(20)9-7-14/h2-10H,11-12H2,1H3. The predicted octanol–water partition coefficient (Wildman–Crippen LogP) is 3.38. The van der Waals surface area contributed by atoms with Crippen molar-refractivity contribution in [1.29, 1.82) is 0 Å². The van der Waals surface area contributed by atoms with Gasteiger partial charge in [-0.1, -0.05) is 12.1 Å². The van der Waals surface area contributed by atoms with Gasteiger partial charge < -0.3 is 9.15 Å². The summed E-state index contributed by atoms with van der Waals surface area (Å²) in [7, 11) is -3.14. The van der Waals surface area contributed by atoms with Gasteiger partial charge in [0.15, 0.2) is 22.2 Å². The number of benzene rings is 2. The van der Waals surface area contributed by atoms with Gasteiger partial charge >= 0.3 is 5.97 Å². The number of hydrogen-bond donors (Lipinski definition) is 0. The molecule has 0 fully saturated rings. The zero-order chi connectivity index (χ0) is 19.4. The smallest absolute Gasteiger partial charge is 0.338 e. The molecule has 0 N–H and O–H groups in total. The van der Waals surface area contributed by atoms with Gasteiger partial charge in [0.25, 0.3) is 0 Å². The molecule has 0 spiro atoms. The summed E-state index contributed by atoms with van der Waals surface area (Å²) >= 11 is 0. The van der Waals surface area contributed by atoms with Crippen molar-refractivity contribution in [2.24, 2.45) is 0 Å². The number of ether oxygens (including phenoxy) is 1. The van der Waals surface area contributed by atoms with Crippen LogP contribution < -0.4 is 0 Å². The summed E-state index contributed by atoms with van der Waals surface area (Å²) in [6, 6.07) is 11.9. The summed E-state index contributed by atoms with van der Waals surface area (Å²) in [6.45, 7) is -0.162. The summed E-state index contributed by atoms with van der Waals surface area (Å²) in [5, 5.41) is 0. The van der Waals surface area contributed by atoms with E-state index in [1.165, 1.54) is 30.5 Å². The second-order valence-electron chi connectivity index (χ2n) is 5.97. The molecule has 140 valence electrons. The van der Waals surface area contributed by atoms with E-state index in [2.05, 4.69) is 4.98 Å². The number of rotatable bonds is 6. The van der Waals surface area contributed by atoms with Gasteiger partial charge in [-0.05, 0) is 42.0 Å². The lowest BCUT2D eigenvalue weighted by atomic mass is 10.1. The van der Waals surface area contributed by atoms with Gasteiger partial charge in [0.1, 0.15) is 5.82 Å². The molecule has 0 saturated carbocycles. The van der Waals surface area contributed by atoms with Crippen LogP contribution in [0, 0.1) is 5.82 Å². The summed E-state index contributed by atoms with van der Waals surface area (Å²) < 4.78 is 46.1. The second-order valence-corrected chi connectivity index (χ2v) is 8.11. The Hall–Kier alpha value is -3.00. The quantitative estimate of drug-likeness (QED) is 0.601. The van der Waals surface area contributed by atoms with E-state index >= 15 is 0 Å². The Morgan fingerprint density at radius 1 is 1.11 bits per heavy atom.